The van der Waals surface area contributed by atoms with Crippen molar-refractivity contribution in [3.8, 4) is 5.75 Å². The van der Waals surface area contributed by atoms with Gasteiger partial charge in [-0.25, -0.2) is 4.79 Å². The number of rotatable bonds is 5. The maximum absolute atomic E-state index is 11.8. The first-order valence-corrected chi connectivity index (χ1v) is 7.14. The summed E-state index contributed by atoms with van der Waals surface area (Å²) in [5.74, 6) is -0.627. The number of hydrogen-bond acceptors (Lipinski definition) is 4. The van der Waals surface area contributed by atoms with Crippen LogP contribution in [0, 0.1) is 0 Å². The number of carbonyl (C=O) groups excluding carboxylic acids is 2. The van der Waals surface area contributed by atoms with E-state index in [9.17, 15) is 14.7 Å². The number of carbonyl (C=O) groups is 2. The van der Waals surface area contributed by atoms with Crippen LogP contribution in [-0.4, -0.2) is 23.6 Å². The summed E-state index contributed by atoms with van der Waals surface area (Å²) >= 11 is 0. The summed E-state index contributed by atoms with van der Waals surface area (Å²) in [7, 11) is 0. The van der Waals surface area contributed by atoms with Crippen LogP contribution in [0.1, 0.15) is 22.8 Å². The second kappa shape index (κ2) is 7.79. The maximum Gasteiger partial charge on any atom is 0.338 e. The molecule has 0 aliphatic rings. The number of para-hydroxylation sites is 1. The molecule has 1 amide bonds. The van der Waals surface area contributed by atoms with Crippen molar-refractivity contribution in [3.63, 3.8) is 0 Å². The number of esters is 1. The van der Waals surface area contributed by atoms with Crippen LogP contribution >= 0.6 is 0 Å². The number of nitrogens with one attached hydrogen (secondary N) is 1. The van der Waals surface area contributed by atoms with E-state index in [2.05, 4.69) is 5.32 Å². The van der Waals surface area contributed by atoms with Crippen molar-refractivity contribution in [2.24, 2.45) is 0 Å². The summed E-state index contributed by atoms with van der Waals surface area (Å²) in [6, 6.07) is 13.1. The predicted octanol–water partition coefficient (Wildman–Crippen LogP) is 3.22. The van der Waals surface area contributed by atoms with Crippen LogP contribution in [0.4, 0.5) is 5.69 Å². The molecule has 0 aliphatic heterocycles. The van der Waals surface area contributed by atoms with E-state index < -0.39 is 5.97 Å². The normalized spacial score (nSPS) is 10.5. The molecule has 2 N–H and O–H groups in total. The molecule has 0 saturated heterocycles. The maximum atomic E-state index is 11.8. The lowest BCUT2D eigenvalue weighted by Crippen LogP contribution is -2.08. The van der Waals surface area contributed by atoms with Gasteiger partial charge in [0.15, 0.2) is 0 Å². The van der Waals surface area contributed by atoms with Gasteiger partial charge in [-0.15, -0.1) is 0 Å². The van der Waals surface area contributed by atoms with Crippen molar-refractivity contribution >= 4 is 23.6 Å². The minimum atomic E-state index is -0.398. The van der Waals surface area contributed by atoms with Gasteiger partial charge >= 0.3 is 5.97 Å². The summed E-state index contributed by atoms with van der Waals surface area (Å²) in [5, 5.41) is 12.3. The summed E-state index contributed by atoms with van der Waals surface area (Å²) in [6.07, 6.45) is 2.85. The number of phenols is 1. The standard InChI is InChI=1S/C18H17NO4/c1-2-23-18(22)14-7-10-15(11-8-14)19-17(21)12-9-13-5-3-4-6-16(13)20/h3-12,20H,2H2,1H3,(H,19,21)/b12-9+. The van der Waals surface area contributed by atoms with Gasteiger partial charge in [0.1, 0.15) is 5.75 Å². The van der Waals surface area contributed by atoms with Crippen LogP contribution < -0.4 is 5.32 Å². The Hall–Kier alpha value is -3.08. The highest BCUT2D eigenvalue weighted by Gasteiger charge is 2.06. The Morgan fingerprint density at radius 3 is 2.48 bits per heavy atom. The van der Waals surface area contributed by atoms with Gasteiger partial charge in [-0.2, -0.15) is 0 Å². The first-order valence-electron chi connectivity index (χ1n) is 7.14. The van der Waals surface area contributed by atoms with E-state index in [4.69, 9.17) is 4.74 Å². The number of aromatic hydroxyl groups is 1. The Balaban J connectivity index is 1.98. The van der Waals surface area contributed by atoms with Crippen molar-refractivity contribution in [3.05, 3.63) is 65.7 Å². The van der Waals surface area contributed by atoms with Crippen LogP contribution in [0.2, 0.25) is 0 Å². The predicted molar refractivity (Wildman–Crippen MR) is 88.2 cm³/mol. The average molecular weight is 311 g/mol. The van der Waals surface area contributed by atoms with E-state index in [1.165, 1.54) is 12.2 Å². The van der Waals surface area contributed by atoms with Crippen molar-refractivity contribution in [1.82, 2.24) is 0 Å². The number of benzene rings is 2. The molecule has 0 aliphatic carbocycles. The van der Waals surface area contributed by atoms with Crippen molar-refractivity contribution in [1.29, 1.82) is 0 Å². The molecular formula is C18H17NO4. The smallest absolute Gasteiger partial charge is 0.338 e. The highest BCUT2D eigenvalue weighted by atomic mass is 16.5. The van der Waals surface area contributed by atoms with Gasteiger partial charge in [0.2, 0.25) is 5.91 Å². The number of anilines is 1. The Morgan fingerprint density at radius 2 is 1.83 bits per heavy atom. The largest absolute Gasteiger partial charge is 0.507 e. The molecule has 0 fully saturated rings. The van der Waals surface area contributed by atoms with Gasteiger partial charge in [-0.1, -0.05) is 18.2 Å². The zero-order valence-corrected chi connectivity index (χ0v) is 12.7. The monoisotopic (exact) mass is 311 g/mol. The first-order chi connectivity index (χ1) is 11.1. The Bertz CT molecular complexity index is 720. The Labute approximate surface area is 134 Å². The van der Waals surface area contributed by atoms with Crippen LogP contribution in [0.15, 0.2) is 54.6 Å². The van der Waals surface area contributed by atoms with Gasteiger partial charge in [-0.05, 0) is 43.3 Å². The molecular weight excluding hydrogens is 294 g/mol. The molecule has 5 heteroatoms. The molecule has 0 spiro atoms. The molecule has 2 rings (SSSR count). The van der Waals surface area contributed by atoms with Crippen LogP contribution in [0.3, 0.4) is 0 Å². The number of ether oxygens (including phenoxy) is 1. The molecule has 0 radical (unpaired) electrons. The molecule has 2 aromatic rings. The highest BCUT2D eigenvalue weighted by Crippen LogP contribution is 2.17. The number of amides is 1. The summed E-state index contributed by atoms with van der Waals surface area (Å²) in [6.45, 7) is 2.05. The number of phenolic OH excluding ortho intramolecular Hbond substituents is 1. The molecule has 118 valence electrons. The molecule has 0 heterocycles. The molecule has 0 atom stereocenters. The first kappa shape index (κ1) is 16.3. The Kier molecular flexibility index (Phi) is 5.52. The van der Waals surface area contributed by atoms with Gasteiger partial charge < -0.3 is 15.2 Å². The molecule has 0 saturated carbocycles. The summed E-state index contributed by atoms with van der Waals surface area (Å²) in [5.41, 5.74) is 1.54. The topological polar surface area (TPSA) is 75.6 Å². The van der Waals surface area contributed by atoms with Crippen LogP contribution in [-0.2, 0) is 9.53 Å². The summed E-state index contributed by atoms with van der Waals surface area (Å²) < 4.78 is 4.89. The zero-order valence-electron chi connectivity index (χ0n) is 12.7. The summed E-state index contributed by atoms with van der Waals surface area (Å²) in [4.78, 5) is 23.4. The van der Waals surface area contributed by atoms with Crippen molar-refractivity contribution < 1.29 is 19.4 Å². The van der Waals surface area contributed by atoms with Gasteiger partial charge in [0.05, 0.1) is 12.2 Å². The molecule has 23 heavy (non-hydrogen) atoms. The van der Waals surface area contributed by atoms with E-state index in [1.807, 2.05) is 0 Å². The molecule has 0 unspecified atom stereocenters. The zero-order chi connectivity index (χ0) is 16.7. The molecule has 0 aromatic heterocycles. The third-order valence-corrected chi connectivity index (χ3v) is 3.01. The lowest BCUT2D eigenvalue weighted by atomic mass is 10.2. The fraction of sp³-hybridized carbons (Fsp3) is 0.111. The van der Waals surface area contributed by atoms with E-state index in [-0.39, 0.29) is 11.7 Å². The van der Waals surface area contributed by atoms with E-state index in [0.29, 0.717) is 23.4 Å². The van der Waals surface area contributed by atoms with Gasteiger partial charge in [0.25, 0.3) is 0 Å². The van der Waals surface area contributed by atoms with Crippen LogP contribution in [0.5, 0.6) is 5.75 Å². The SMILES string of the molecule is CCOC(=O)c1ccc(NC(=O)/C=C/c2ccccc2O)cc1. The Morgan fingerprint density at radius 1 is 1.13 bits per heavy atom. The fourth-order valence-electron chi connectivity index (χ4n) is 1.88. The third kappa shape index (κ3) is 4.71. The number of hydrogen-bond donors (Lipinski definition) is 2. The van der Waals surface area contributed by atoms with Crippen molar-refractivity contribution in [2.45, 2.75) is 6.92 Å². The van der Waals surface area contributed by atoms with Crippen LogP contribution in [0.25, 0.3) is 6.08 Å². The molecule has 2 aromatic carbocycles. The second-order valence-corrected chi connectivity index (χ2v) is 4.68. The lowest BCUT2D eigenvalue weighted by Gasteiger charge is -2.04. The van der Waals surface area contributed by atoms with Crippen molar-refractivity contribution in [2.75, 3.05) is 11.9 Å². The molecule has 0 bridgehead atoms. The van der Waals surface area contributed by atoms with Gasteiger partial charge in [0, 0.05) is 17.3 Å². The van der Waals surface area contributed by atoms with E-state index in [0.717, 1.165) is 0 Å². The highest BCUT2D eigenvalue weighted by molar-refractivity contribution is 6.02. The minimum Gasteiger partial charge on any atom is -0.507 e. The fourth-order valence-corrected chi connectivity index (χ4v) is 1.88. The van der Waals surface area contributed by atoms with E-state index in [1.54, 1.807) is 55.5 Å². The average Bonchev–Trinajstić information content (AvgIpc) is 2.55. The minimum absolute atomic E-state index is 0.107. The third-order valence-electron chi connectivity index (χ3n) is 3.01. The van der Waals surface area contributed by atoms with E-state index >= 15 is 0 Å². The quantitative estimate of drug-likeness (QED) is 0.656. The lowest BCUT2D eigenvalue weighted by molar-refractivity contribution is -0.111. The molecule has 5 nitrogen and oxygen atoms in total. The second-order valence-electron chi connectivity index (χ2n) is 4.68. The van der Waals surface area contributed by atoms with Gasteiger partial charge in [-0.3, -0.25) is 4.79 Å².